The van der Waals surface area contributed by atoms with Crippen molar-refractivity contribution in [2.75, 3.05) is 5.32 Å². The van der Waals surface area contributed by atoms with Crippen LogP contribution in [0.1, 0.15) is 0 Å². The Hall–Kier alpha value is -2.43. The first-order chi connectivity index (χ1) is 13.2. The second kappa shape index (κ2) is 7.68. The summed E-state index contributed by atoms with van der Waals surface area (Å²) in [6.07, 6.45) is -21.4. The van der Waals surface area contributed by atoms with Crippen LogP contribution in [0.15, 0.2) is 18.2 Å². The molecule has 0 spiro atoms. The van der Waals surface area contributed by atoms with Gasteiger partial charge in [-0.05, 0) is 12.1 Å². The number of nitro benzene ring substituents is 1. The zero-order valence-electron chi connectivity index (χ0n) is 13.3. The van der Waals surface area contributed by atoms with E-state index in [-0.39, 0.29) is 0 Å². The average molecular weight is 485 g/mol. The minimum absolute atomic E-state index is 0.330. The number of anilines is 1. The molecule has 0 saturated heterocycles. The van der Waals surface area contributed by atoms with Gasteiger partial charge in [-0.1, -0.05) is 11.6 Å². The fraction of sp³-hybridized carbons (Fsp3) is 0.417. The molecule has 0 aliphatic heterocycles. The number of amides is 1. The number of benzene rings is 1. The predicted octanol–water partition coefficient (Wildman–Crippen LogP) is 5.22. The average Bonchev–Trinajstić information content (AvgIpc) is 2.51. The fourth-order valence-electron chi connectivity index (χ4n) is 1.61. The smallest absolute Gasteiger partial charge is 0.315 e. The number of hydrogen-bond donors (Lipinski definition) is 1. The van der Waals surface area contributed by atoms with E-state index in [1.165, 1.54) is 0 Å². The van der Waals surface area contributed by atoms with Crippen LogP contribution >= 0.6 is 11.6 Å². The summed E-state index contributed by atoms with van der Waals surface area (Å²) in [6, 6.07) is 1.55. The summed E-state index contributed by atoms with van der Waals surface area (Å²) in [5.74, 6) is -17.3. The van der Waals surface area contributed by atoms with Crippen molar-refractivity contribution >= 4 is 28.9 Å². The Morgan fingerprint density at radius 2 is 1.47 bits per heavy atom. The maximum Gasteiger partial charge on any atom is 0.462 e. The number of hydrogen-bond acceptors (Lipinski definition) is 4. The molecule has 0 bridgehead atoms. The van der Waals surface area contributed by atoms with Crippen molar-refractivity contribution < 1.29 is 62.7 Å². The van der Waals surface area contributed by atoms with Crippen LogP contribution in [0.4, 0.5) is 59.7 Å². The number of nitro groups is 1. The van der Waals surface area contributed by atoms with Gasteiger partial charge in [-0.25, -0.2) is 0 Å². The van der Waals surface area contributed by atoms with E-state index in [4.69, 9.17) is 11.6 Å². The second-order valence-corrected chi connectivity index (χ2v) is 5.59. The fourth-order valence-corrected chi connectivity index (χ4v) is 1.78. The molecule has 0 unspecified atom stereocenters. The molecule has 0 aliphatic rings. The van der Waals surface area contributed by atoms with Gasteiger partial charge in [-0.15, -0.1) is 0 Å². The summed E-state index contributed by atoms with van der Waals surface area (Å²) in [4.78, 5) is 20.9. The van der Waals surface area contributed by atoms with E-state index in [0.717, 1.165) is 11.4 Å². The normalized spacial score (nSPS) is 15.5. The standard InChI is InChI=1S/C12H4ClF11N2O4/c13-4-1-2-6(26(28)29)5(3-4)25-7(27)8(14,10(17,18)19)30-12(23,24)9(15,16)11(20,21)22/h1-3H,(H,25,27)/t8-/m0/s1. The maximum absolute atomic E-state index is 14.1. The van der Waals surface area contributed by atoms with E-state index < -0.39 is 57.5 Å². The van der Waals surface area contributed by atoms with Crippen LogP contribution in [-0.4, -0.2) is 41.1 Å². The highest BCUT2D eigenvalue weighted by Crippen LogP contribution is 2.51. The van der Waals surface area contributed by atoms with Gasteiger partial charge in [-0.2, -0.15) is 48.3 Å². The molecule has 1 aromatic carbocycles. The van der Waals surface area contributed by atoms with E-state index >= 15 is 0 Å². The Kier molecular flexibility index (Phi) is 6.55. The third kappa shape index (κ3) is 4.66. The molecule has 0 heterocycles. The van der Waals surface area contributed by atoms with Gasteiger partial charge < -0.3 is 5.32 Å². The van der Waals surface area contributed by atoms with E-state index in [1.807, 2.05) is 4.74 Å². The molecule has 0 radical (unpaired) electrons. The number of carbonyl (C=O) groups is 1. The summed E-state index contributed by atoms with van der Waals surface area (Å²) < 4.78 is 143. The van der Waals surface area contributed by atoms with Crippen LogP contribution in [0, 0.1) is 10.1 Å². The topological polar surface area (TPSA) is 81.5 Å². The van der Waals surface area contributed by atoms with Gasteiger partial charge in [0, 0.05) is 11.1 Å². The highest BCUT2D eigenvalue weighted by atomic mass is 35.5. The molecule has 18 heteroatoms. The minimum atomic E-state index is -7.37. The predicted molar refractivity (Wildman–Crippen MR) is 73.7 cm³/mol. The first-order valence-corrected chi connectivity index (χ1v) is 7.08. The molecular weight excluding hydrogens is 481 g/mol. The molecule has 6 nitrogen and oxygen atoms in total. The van der Waals surface area contributed by atoms with Crippen molar-refractivity contribution in [3.05, 3.63) is 33.3 Å². The number of alkyl halides is 11. The van der Waals surface area contributed by atoms with Gasteiger partial charge in [0.25, 0.3) is 11.6 Å². The van der Waals surface area contributed by atoms with Crippen molar-refractivity contribution in [3.63, 3.8) is 0 Å². The van der Waals surface area contributed by atoms with Crippen molar-refractivity contribution in [3.8, 4) is 0 Å². The van der Waals surface area contributed by atoms with Crippen molar-refractivity contribution in [1.29, 1.82) is 0 Å². The van der Waals surface area contributed by atoms with E-state index in [9.17, 15) is 63.2 Å². The van der Waals surface area contributed by atoms with Gasteiger partial charge >= 0.3 is 30.2 Å². The Morgan fingerprint density at radius 3 is 1.87 bits per heavy atom. The maximum atomic E-state index is 14.1. The number of ether oxygens (including phenoxy) is 1. The van der Waals surface area contributed by atoms with Crippen LogP contribution < -0.4 is 5.32 Å². The lowest BCUT2D eigenvalue weighted by molar-refractivity contribution is -0.472. The SMILES string of the molecule is O=C(Nc1cc(Cl)ccc1[N+](=O)[O-])[C@](F)(OC(F)(F)C(F)(F)C(F)(F)F)C(F)(F)F. The quantitative estimate of drug-likeness (QED) is 0.341. The summed E-state index contributed by atoms with van der Waals surface area (Å²) in [6.45, 7) is 0. The molecule has 0 aliphatic carbocycles. The first-order valence-electron chi connectivity index (χ1n) is 6.71. The van der Waals surface area contributed by atoms with Crippen LogP contribution in [0.5, 0.6) is 0 Å². The molecule has 1 N–H and O–H groups in total. The van der Waals surface area contributed by atoms with E-state index in [1.54, 1.807) is 0 Å². The van der Waals surface area contributed by atoms with Crippen LogP contribution in [-0.2, 0) is 9.53 Å². The molecule has 1 amide bonds. The Balaban J connectivity index is 3.45. The third-order valence-electron chi connectivity index (χ3n) is 3.05. The molecule has 30 heavy (non-hydrogen) atoms. The Labute approximate surface area is 161 Å². The zero-order valence-corrected chi connectivity index (χ0v) is 14.1. The van der Waals surface area contributed by atoms with Crippen LogP contribution in [0.3, 0.4) is 0 Å². The molecule has 0 aromatic heterocycles. The lowest BCUT2D eigenvalue weighted by atomic mass is 10.2. The van der Waals surface area contributed by atoms with Crippen LogP contribution in [0.25, 0.3) is 0 Å². The first kappa shape index (κ1) is 25.6. The van der Waals surface area contributed by atoms with Crippen molar-refractivity contribution in [1.82, 2.24) is 0 Å². The molecule has 1 atom stereocenters. The Bertz CT molecular complexity index is 842. The number of halogens is 12. The summed E-state index contributed by atoms with van der Waals surface area (Å²) in [5, 5.41) is 11.0. The van der Waals surface area contributed by atoms with Crippen molar-refractivity contribution in [2.45, 2.75) is 30.2 Å². The van der Waals surface area contributed by atoms with Gasteiger partial charge in [-0.3, -0.25) is 19.6 Å². The summed E-state index contributed by atoms with van der Waals surface area (Å²) in [5.41, 5.74) is -2.62. The highest BCUT2D eigenvalue weighted by Gasteiger charge is 2.79. The molecule has 170 valence electrons. The molecular formula is C12H4ClF11N2O4. The summed E-state index contributed by atoms with van der Waals surface area (Å²) in [7, 11) is 0. The second-order valence-electron chi connectivity index (χ2n) is 5.16. The third-order valence-corrected chi connectivity index (χ3v) is 3.29. The zero-order chi connectivity index (χ0) is 23.9. The largest absolute Gasteiger partial charge is 0.462 e. The Morgan fingerprint density at radius 1 is 0.967 bits per heavy atom. The van der Waals surface area contributed by atoms with Crippen molar-refractivity contribution in [2.24, 2.45) is 0 Å². The van der Waals surface area contributed by atoms with E-state index in [2.05, 4.69) is 0 Å². The number of rotatable bonds is 6. The minimum Gasteiger partial charge on any atom is -0.315 e. The number of carbonyl (C=O) groups excluding carboxylic acids is 1. The molecule has 1 aromatic rings. The monoisotopic (exact) mass is 484 g/mol. The van der Waals surface area contributed by atoms with E-state index in [0.29, 0.717) is 12.1 Å². The van der Waals surface area contributed by atoms with Gasteiger partial charge in [0.1, 0.15) is 5.69 Å². The number of nitrogens with one attached hydrogen (secondary N) is 1. The molecule has 0 saturated carbocycles. The lowest BCUT2D eigenvalue weighted by Gasteiger charge is -2.34. The summed E-state index contributed by atoms with van der Waals surface area (Å²) >= 11 is 5.36. The molecule has 0 fully saturated rings. The lowest BCUT2D eigenvalue weighted by Crippen LogP contribution is -2.62. The van der Waals surface area contributed by atoms with Gasteiger partial charge in [0.2, 0.25) is 0 Å². The number of nitrogens with zero attached hydrogens (tertiary/aromatic N) is 1. The van der Waals surface area contributed by atoms with Gasteiger partial charge in [0.05, 0.1) is 4.92 Å². The molecule has 1 rings (SSSR count). The van der Waals surface area contributed by atoms with Gasteiger partial charge in [0.15, 0.2) is 0 Å². The highest BCUT2D eigenvalue weighted by molar-refractivity contribution is 6.31. The van der Waals surface area contributed by atoms with Crippen LogP contribution in [0.2, 0.25) is 5.02 Å².